The second-order valence-electron chi connectivity index (χ2n) is 8.38. The van der Waals surface area contributed by atoms with E-state index in [1.54, 1.807) is 22.2 Å². The van der Waals surface area contributed by atoms with Crippen molar-refractivity contribution in [3.63, 3.8) is 0 Å². The first-order valence-corrected chi connectivity index (χ1v) is 11.1. The molecule has 0 saturated carbocycles. The van der Waals surface area contributed by atoms with E-state index >= 15 is 0 Å². The Labute approximate surface area is 186 Å². The topological polar surface area (TPSA) is 72.7 Å². The normalized spacial score (nSPS) is 11.5. The molecule has 0 bridgehead atoms. The lowest BCUT2D eigenvalue weighted by atomic mass is 9.92. The molecule has 4 rings (SSSR count). The van der Waals surface area contributed by atoms with Crippen molar-refractivity contribution >= 4 is 23.1 Å². The molecule has 0 atom stereocenters. The van der Waals surface area contributed by atoms with Crippen LogP contribution in [0.15, 0.2) is 66.2 Å². The van der Waals surface area contributed by atoms with E-state index in [9.17, 15) is 4.79 Å². The third-order valence-electron chi connectivity index (χ3n) is 4.75. The fraction of sp³-hybridized carbons (Fsp3) is 0.250. The molecule has 0 aliphatic rings. The van der Waals surface area contributed by atoms with E-state index in [1.165, 1.54) is 5.56 Å². The van der Waals surface area contributed by atoms with Crippen molar-refractivity contribution in [3.8, 4) is 5.82 Å². The molecule has 1 amide bonds. The third kappa shape index (κ3) is 5.24. The fourth-order valence-corrected chi connectivity index (χ4v) is 3.95. The number of anilines is 1. The predicted molar refractivity (Wildman–Crippen MR) is 124 cm³/mol. The summed E-state index contributed by atoms with van der Waals surface area (Å²) in [6.45, 7) is 6.27. The average Bonchev–Trinajstić information content (AvgIpc) is 3.36. The average molecular weight is 432 g/mol. The zero-order valence-corrected chi connectivity index (χ0v) is 18.7. The van der Waals surface area contributed by atoms with Crippen LogP contribution in [-0.2, 0) is 23.1 Å². The minimum absolute atomic E-state index is 0.130. The maximum Gasteiger partial charge on any atom is 0.231 e. The molecule has 1 N–H and O–H groups in total. The first-order valence-electron chi connectivity index (χ1n) is 10.2. The number of nitrogens with zero attached hydrogens (tertiary/aromatic N) is 4. The molecule has 0 aliphatic carbocycles. The Kier molecular flexibility index (Phi) is 5.95. The van der Waals surface area contributed by atoms with Crippen LogP contribution >= 0.6 is 11.3 Å². The largest absolute Gasteiger partial charge is 0.310 e. The molecular weight excluding hydrogens is 406 g/mol. The van der Waals surface area contributed by atoms with E-state index in [1.807, 2.05) is 47.8 Å². The van der Waals surface area contributed by atoms with Crippen LogP contribution in [0.4, 0.5) is 5.82 Å². The van der Waals surface area contributed by atoms with Crippen LogP contribution in [0.2, 0.25) is 0 Å². The molecule has 0 radical (unpaired) electrons. The maximum absolute atomic E-state index is 12.8. The molecule has 6 nitrogen and oxygen atoms in total. The fourth-order valence-electron chi connectivity index (χ4n) is 3.12. The van der Waals surface area contributed by atoms with E-state index in [2.05, 4.69) is 53.3 Å². The quantitative estimate of drug-likeness (QED) is 0.476. The summed E-state index contributed by atoms with van der Waals surface area (Å²) >= 11 is 1.58. The molecule has 3 aromatic heterocycles. The zero-order chi connectivity index (χ0) is 21.8. The number of pyridine rings is 1. The Bertz CT molecular complexity index is 1160. The molecule has 0 unspecified atom stereocenters. The molecule has 0 fully saturated rings. The number of carbonyl (C=O) groups is 1. The summed E-state index contributed by atoms with van der Waals surface area (Å²) in [6, 6.07) is 17.7. The minimum atomic E-state index is -0.152. The van der Waals surface area contributed by atoms with Gasteiger partial charge in [-0.25, -0.2) is 9.97 Å². The molecule has 0 aliphatic heterocycles. The Balaban J connectivity index is 1.49. The van der Waals surface area contributed by atoms with Gasteiger partial charge < -0.3 is 5.32 Å². The Morgan fingerprint density at radius 1 is 1.10 bits per heavy atom. The van der Waals surface area contributed by atoms with Gasteiger partial charge in [-0.3, -0.25) is 4.79 Å². The van der Waals surface area contributed by atoms with E-state index in [4.69, 9.17) is 0 Å². The van der Waals surface area contributed by atoms with Crippen LogP contribution < -0.4 is 5.32 Å². The molecular formula is C24H25N5OS. The van der Waals surface area contributed by atoms with Crippen LogP contribution in [-0.4, -0.2) is 25.7 Å². The van der Waals surface area contributed by atoms with E-state index in [0.29, 0.717) is 11.6 Å². The van der Waals surface area contributed by atoms with Gasteiger partial charge in [0.2, 0.25) is 5.91 Å². The molecule has 3 heterocycles. The van der Waals surface area contributed by atoms with Crippen LogP contribution in [0.25, 0.3) is 5.82 Å². The van der Waals surface area contributed by atoms with Crippen molar-refractivity contribution in [3.05, 3.63) is 88.1 Å². The number of aromatic nitrogens is 4. The zero-order valence-electron chi connectivity index (χ0n) is 17.9. The number of thiazole rings is 1. The van der Waals surface area contributed by atoms with Gasteiger partial charge in [0, 0.05) is 29.5 Å². The highest BCUT2D eigenvalue weighted by Gasteiger charge is 2.22. The maximum atomic E-state index is 12.8. The van der Waals surface area contributed by atoms with Gasteiger partial charge in [0.05, 0.1) is 22.8 Å². The number of hydrogen-bond donors (Lipinski definition) is 1. The standard InChI is InChI=1S/C24H25N5OS/c1-24(2,3)19-15-21(29(28-19)20-11-7-8-12-25-20)27-22(30)14-18-16-31-23(26-18)13-17-9-5-4-6-10-17/h4-12,15-16H,13-14H2,1-3H3,(H,27,30). The van der Waals surface area contributed by atoms with Crippen LogP contribution in [0.3, 0.4) is 0 Å². The van der Waals surface area contributed by atoms with Gasteiger partial charge in [-0.1, -0.05) is 57.2 Å². The smallest absolute Gasteiger partial charge is 0.231 e. The summed E-state index contributed by atoms with van der Waals surface area (Å²) in [4.78, 5) is 21.8. The number of rotatable bonds is 6. The molecule has 4 aromatic rings. The number of hydrogen-bond acceptors (Lipinski definition) is 5. The summed E-state index contributed by atoms with van der Waals surface area (Å²) in [5.41, 5.74) is 2.71. The van der Waals surface area contributed by atoms with Gasteiger partial charge in [-0.2, -0.15) is 9.78 Å². The van der Waals surface area contributed by atoms with Crippen molar-refractivity contribution < 1.29 is 4.79 Å². The summed E-state index contributed by atoms with van der Waals surface area (Å²) in [6.07, 6.45) is 2.70. The highest BCUT2D eigenvalue weighted by molar-refractivity contribution is 7.09. The Hall–Kier alpha value is -3.32. The Morgan fingerprint density at radius 2 is 1.87 bits per heavy atom. The van der Waals surface area contributed by atoms with Crippen LogP contribution in [0.5, 0.6) is 0 Å². The molecule has 1 aromatic carbocycles. The van der Waals surface area contributed by atoms with Crippen LogP contribution in [0.1, 0.15) is 42.7 Å². The van der Waals surface area contributed by atoms with Crippen molar-refractivity contribution in [2.24, 2.45) is 0 Å². The van der Waals surface area contributed by atoms with Gasteiger partial charge in [-0.05, 0) is 17.7 Å². The van der Waals surface area contributed by atoms with Crippen molar-refractivity contribution in [1.82, 2.24) is 19.7 Å². The van der Waals surface area contributed by atoms with Crippen molar-refractivity contribution in [2.45, 2.75) is 39.0 Å². The van der Waals surface area contributed by atoms with Crippen LogP contribution in [0, 0.1) is 0 Å². The first-order chi connectivity index (χ1) is 14.9. The molecule has 158 valence electrons. The summed E-state index contributed by atoms with van der Waals surface area (Å²) < 4.78 is 1.68. The molecule has 0 spiro atoms. The highest BCUT2D eigenvalue weighted by atomic mass is 32.1. The lowest BCUT2D eigenvalue weighted by molar-refractivity contribution is -0.115. The van der Waals surface area contributed by atoms with Gasteiger partial charge in [0.15, 0.2) is 5.82 Å². The lowest BCUT2D eigenvalue weighted by Crippen LogP contribution is -2.17. The monoisotopic (exact) mass is 431 g/mol. The lowest BCUT2D eigenvalue weighted by Gasteiger charge is -2.13. The number of carbonyl (C=O) groups excluding carboxylic acids is 1. The van der Waals surface area contributed by atoms with Gasteiger partial charge in [0.1, 0.15) is 5.82 Å². The van der Waals surface area contributed by atoms with Crippen molar-refractivity contribution in [1.29, 1.82) is 0 Å². The van der Waals surface area contributed by atoms with Crippen molar-refractivity contribution in [2.75, 3.05) is 5.32 Å². The highest BCUT2D eigenvalue weighted by Crippen LogP contribution is 2.26. The van der Waals surface area contributed by atoms with E-state index < -0.39 is 0 Å². The van der Waals surface area contributed by atoms with E-state index in [0.717, 1.165) is 22.8 Å². The van der Waals surface area contributed by atoms with Gasteiger partial charge >= 0.3 is 0 Å². The second-order valence-corrected chi connectivity index (χ2v) is 9.33. The van der Waals surface area contributed by atoms with Gasteiger partial charge in [0.25, 0.3) is 0 Å². The molecule has 7 heteroatoms. The molecule has 31 heavy (non-hydrogen) atoms. The summed E-state index contributed by atoms with van der Waals surface area (Å²) in [5, 5.41) is 10.6. The minimum Gasteiger partial charge on any atom is -0.310 e. The number of amides is 1. The van der Waals surface area contributed by atoms with Gasteiger partial charge in [-0.15, -0.1) is 11.3 Å². The predicted octanol–water partition coefficient (Wildman–Crippen LogP) is 4.79. The SMILES string of the molecule is CC(C)(C)c1cc(NC(=O)Cc2csc(Cc3ccccc3)n2)n(-c2ccccn2)n1. The number of benzene rings is 1. The first kappa shape index (κ1) is 20.9. The Morgan fingerprint density at radius 3 is 2.58 bits per heavy atom. The molecule has 0 saturated heterocycles. The second kappa shape index (κ2) is 8.81. The third-order valence-corrected chi connectivity index (χ3v) is 5.65. The summed E-state index contributed by atoms with van der Waals surface area (Å²) in [7, 11) is 0. The summed E-state index contributed by atoms with van der Waals surface area (Å²) in [5.74, 6) is 1.13. The number of nitrogens with one attached hydrogen (secondary N) is 1. The van der Waals surface area contributed by atoms with E-state index in [-0.39, 0.29) is 17.7 Å².